The first kappa shape index (κ1) is 9.34. The molecule has 0 amide bonds. The molecule has 0 atom stereocenters. The molecule has 0 fully saturated rings. The van der Waals surface area contributed by atoms with E-state index < -0.39 is 0 Å². The molecule has 0 nitrogen and oxygen atoms in total. The minimum Gasteiger partial charge on any atom is -0.0812 e. The van der Waals surface area contributed by atoms with Crippen molar-refractivity contribution in [3.05, 3.63) is 21.7 Å². The van der Waals surface area contributed by atoms with Crippen LogP contribution in [0.2, 0.25) is 0 Å². The number of halogens is 2. The van der Waals surface area contributed by atoms with Gasteiger partial charge in [-0.1, -0.05) is 24.1 Å². The predicted molar refractivity (Wildman–Crippen MR) is 54.0 cm³/mol. The summed E-state index contributed by atoms with van der Waals surface area (Å²) in [4.78, 5) is 0. The molecule has 1 aliphatic carbocycles. The van der Waals surface area contributed by atoms with Gasteiger partial charge in [0.25, 0.3) is 0 Å². The van der Waals surface area contributed by atoms with Crippen molar-refractivity contribution in [2.45, 2.75) is 32.1 Å². The van der Waals surface area contributed by atoms with Crippen LogP contribution in [0.4, 0.5) is 0 Å². The number of hydrogen-bond acceptors (Lipinski definition) is 0. The second-order valence-corrected chi connectivity index (χ2v) is 4.53. The van der Waals surface area contributed by atoms with Gasteiger partial charge >= 0.3 is 0 Å². The van der Waals surface area contributed by atoms with Gasteiger partial charge < -0.3 is 0 Å². The van der Waals surface area contributed by atoms with Gasteiger partial charge in [-0.05, 0) is 53.3 Å². The summed E-state index contributed by atoms with van der Waals surface area (Å²) >= 11 is 8.92. The first-order chi connectivity index (χ1) is 5.29. The van der Waals surface area contributed by atoms with Gasteiger partial charge in [-0.2, -0.15) is 0 Å². The molecule has 0 unspecified atom stereocenters. The topological polar surface area (TPSA) is 0 Å². The minimum atomic E-state index is 0.714. The van der Waals surface area contributed by atoms with Crippen molar-refractivity contribution in [3.63, 3.8) is 0 Å². The molecule has 0 saturated carbocycles. The summed E-state index contributed by atoms with van der Waals surface area (Å²) < 4.78 is 0.714. The fraction of sp³-hybridized carbons (Fsp3) is 0.556. The molecule has 62 valence electrons. The summed E-state index contributed by atoms with van der Waals surface area (Å²) in [6.45, 7) is 0. The van der Waals surface area contributed by atoms with Crippen LogP contribution in [0.5, 0.6) is 0 Å². The molecule has 11 heavy (non-hydrogen) atoms. The lowest BCUT2D eigenvalue weighted by Gasteiger charge is -1.96. The van der Waals surface area contributed by atoms with E-state index in [-0.39, 0.29) is 0 Å². The Morgan fingerprint density at radius 1 is 1.45 bits per heavy atom. The lowest BCUT2D eigenvalue weighted by Crippen LogP contribution is -1.75. The van der Waals surface area contributed by atoms with Crippen molar-refractivity contribution >= 4 is 27.5 Å². The third kappa shape index (κ3) is 3.97. The lowest BCUT2D eigenvalue weighted by molar-refractivity contribution is 0.714. The summed E-state index contributed by atoms with van der Waals surface area (Å²) in [5.74, 6) is 0. The number of rotatable bonds is 1. The third-order valence-electron chi connectivity index (χ3n) is 1.87. The average Bonchev–Trinajstić information content (AvgIpc) is 2.14. The second kappa shape index (κ2) is 5.00. The zero-order valence-electron chi connectivity index (χ0n) is 6.45. The van der Waals surface area contributed by atoms with Crippen molar-refractivity contribution in [3.8, 4) is 0 Å². The van der Waals surface area contributed by atoms with E-state index in [2.05, 4.69) is 22.0 Å². The summed E-state index contributed by atoms with van der Waals surface area (Å²) in [5, 5.41) is 0. The third-order valence-corrected chi connectivity index (χ3v) is 2.21. The zero-order valence-corrected chi connectivity index (χ0v) is 8.79. The molecule has 0 aliphatic heterocycles. The van der Waals surface area contributed by atoms with E-state index in [4.69, 9.17) is 11.6 Å². The Labute approximate surface area is 81.4 Å². The number of hydrogen-bond donors (Lipinski definition) is 0. The van der Waals surface area contributed by atoms with E-state index in [9.17, 15) is 0 Å². The highest BCUT2D eigenvalue weighted by Gasteiger charge is 1.99. The van der Waals surface area contributed by atoms with Gasteiger partial charge in [0, 0.05) is 0 Å². The Balaban J connectivity index is 2.54. The van der Waals surface area contributed by atoms with E-state index in [1.54, 1.807) is 0 Å². The maximum Gasteiger partial charge on any atom is 0.0836 e. The van der Waals surface area contributed by atoms with Gasteiger partial charge in [0.15, 0.2) is 0 Å². The molecular weight excluding hydrogens is 223 g/mol. The van der Waals surface area contributed by atoms with Gasteiger partial charge in [-0.3, -0.25) is 0 Å². The van der Waals surface area contributed by atoms with Crippen LogP contribution in [0, 0.1) is 0 Å². The van der Waals surface area contributed by atoms with Gasteiger partial charge in [0.1, 0.15) is 0 Å². The van der Waals surface area contributed by atoms with E-state index in [0.717, 1.165) is 0 Å². The molecule has 1 aliphatic rings. The quantitative estimate of drug-likeness (QED) is 0.634. The molecule has 2 heteroatoms. The summed E-state index contributed by atoms with van der Waals surface area (Å²) in [6.07, 6.45) is 10.7. The molecule has 0 spiro atoms. The van der Waals surface area contributed by atoms with E-state index in [0.29, 0.717) is 3.94 Å². The Kier molecular flexibility index (Phi) is 4.24. The Morgan fingerprint density at radius 2 is 2.27 bits per heavy atom. The zero-order chi connectivity index (χ0) is 8.10. The highest BCUT2D eigenvalue weighted by molar-refractivity contribution is 9.12. The van der Waals surface area contributed by atoms with Crippen molar-refractivity contribution in [1.82, 2.24) is 0 Å². The molecule has 0 aromatic carbocycles. The van der Waals surface area contributed by atoms with Crippen molar-refractivity contribution in [1.29, 1.82) is 0 Å². The largest absolute Gasteiger partial charge is 0.0836 e. The summed E-state index contributed by atoms with van der Waals surface area (Å²) in [7, 11) is 0. The maximum absolute atomic E-state index is 5.70. The first-order valence-electron chi connectivity index (χ1n) is 4.01. The highest BCUT2D eigenvalue weighted by atomic mass is 79.9. The lowest BCUT2D eigenvalue weighted by atomic mass is 10.1. The van der Waals surface area contributed by atoms with Gasteiger partial charge in [0.05, 0.1) is 3.94 Å². The van der Waals surface area contributed by atoms with Crippen LogP contribution in [0.15, 0.2) is 21.7 Å². The van der Waals surface area contributed by atoms with Crippen LogP contribution < -0.4 is 0 Å². The fourth-order valence-corrected chi connectivity index (χ4v) is 1.75. The Bertz CT molecular complexity index is 178. The molecule has 0 N–H and O–H groups in total. The molecule has 0 aromatic rings. The molecule has 0 aromatic heterocycles. The van der Waals surface area contributed by atoms with Crippen LogP contribution >= 0.6 is 27.5 Å². The van der Waals surface area contributed by atoms with Crippen LogP contribution in [0.25, 0.3) is 0 Å². The van der Waals surface area contributed by atoms with Crippen LogP contribution in [0.1, 0.15) is 32.1 Å². The maximum atomic E-state index is 5.70. The molecular formula is C9H12BrCl. The fourth-order valence-electron chi connectivity index (χ4n) is 1.31. The van der Waals surface area contributed by atoms with Gasteiger partial charge in [0.2, 0.25) is 0 Å². The first-order valence-corrected chi connectivity index (χ1v) is 5.18. The molecule has 0 radical (unpaired) electrons. The Hall–Kier alpha value is 0.250. The van der Waals surface area contributed by atoms with Crippen LogP contribution in [-0.4, -0.2) is 0 Å². The number of allylic oxidation sites excluding steroid dienone is 3. The Morgan fingerprint density at radius 3 is 3.00 bits per heavy atom. The normalized spacial score (nSPS) is 20.9. The second-order valence-electron chi connectivity index (χ2n) is 2.81. The van der Waals surface area contributed by atoms with E-state index in [1.807, 2.05) is 6.08 Å². The highest BCUT2D eigenvalue weighted by Crippen LogP contribution is 2.21. The van der Waals surface area contributed by atoms with Crippen molar-refractivity contribution in [2.75, 3.05) is 0 Å². The van der Waals surface area contributed by atoms with Gasteiger partial charge in [-0.25, -0.2) is 0 Å². The molecule has 0 bridgehead atoms. The average molecular weight is 236 g/mol. The molecule has 1 rings (SSSR count). The van der Waals surface area contributed by atoms with E-state index in [1.165, 1.54) is 37.7 Å². The summed E-state index contributed by atoms with van der Waals surface area (Å²) in [5.41, 5.74) is 1.38. The molecule has 0 heterocycles. The van der Waals surface area contributed by atoms with Crippen LogP contribution in [0.3, 0.4) is 0 Å². The SMILES string of the molecule is Cl/C(Br)=C/C1=CCCCCC1. The smallest absolute Gasteiger partial charge is 0.0812 e. The molecule has 0 saturated heterocycles. The predicted octanol–water partition coefficient (Wildman–Crippen LogP) is 4.35. The van der Waals surface area contributed by atoms with Crippen LogP contribution in [-0.2, 0) is 0 Å². The van der Waals surface area contributed by atoms with Crippen molar-refractivity contribution < 1.29 is 0 Å². The van der Waals surface area contributed by atoms with Crippen molar-refractivity contribution in [2.24, 2.45) is 0 Å². The standard InChI is InChI=1S/C9H12BrCl/c10-9(11)7-8-5-3-1-2-4-6-8/h5,7H,1-4,6H2/b9-7+. The minimum absolute atomic E-state index is 0.714. The monoisotopic (exact) mass is 234 g/mol. The van der Waals surface area contributed by atoms with E-state index >= 15 is 0 Å². The van der Waals surface area contributed by atoms with Gasteiger partial charge in [-0.15, -0.1) is 0 Å². The summed E-state index contributed by atoms with van der Waals surface area (Å²) in [6, 6.07) is 0.